The van der Waals surface area contributed by atoms with Gasteiger partial charge in [0.1, 0.15) is 0 Å². The Morgan fingerprint density at radius 3 is 2.93 bits per heavy atom. The van der Waals surface area contributed by atoms with Crippen LogP contribution in [0.3, 0.4) is 0 Å². The zero-order chi connectivity index (χ0) is 10.4. The molecular formula is C10H11BrClNO. The van der Waals surface area contributed by atoms with Crippen LogP contribution in [0.15, 0.2) is 28.7 Å². The average Bonchev–Trinajstić information content (AvgIpc) is 2.15. The van der Waals surface area contributed by atoms with Crippen molar-refractivity contribution in [2.75, 3.05) is 5.88 Å². The van der Waals surface area contributed by atoms with Gasteiger partial charge in [-0.15, -0.1) is 11.6 Å². The fourth-order valence-electron chi connectivity index (χ4n) is 1.02. The SMILES string of the molecule is O=C(CCCl)NCc1cccc(Br)c1. The molecule has 0 aliphatic carbocycles. The van der Waals surface area contributed by atoms with E-state index in [0.29, 0.717) is 18.8 Å². The Balaban J connectivity index is 2.41. The molecule has 2 nitrogen and oxygen atoms in total. The number of benzene rings is 1. The van der Waals surface area contributed by atoms with Gasteiger partial charge in [-0.3, -0.25) is 4.79 Å². The van der Waals surface area contributed by atoms with Gasteiger partial charge < -0.3 is 5.32 Å². The molecule has 0 saturated heterocycles. The van der Waals surface area contributed by atoms with Gasteiger partial charge in [0.15, 0.2) is 0 Å². The first-order chi connectivity index (χ1) is 6.72. The highest BCUT2D eigenvalue weighted by molar-refractivity contribution is 9.10. The number of carbonyl (C=O) groups is 1. The molecule has 1 aromatic rings. The van der Waals surface area contributed by atoms with Crippen molar-refractivity contribution >= 4 is 33.4 Å². The zero-order valence-electron chi connectivity index (χ0n) is 7.59. The minimum atomic E-state index is -0.0139. The molecule has 0 atom stereocenters. The predicted octanol–water partition coefficient (Wildman–Crippen LogP) is 2.69. The van der Waals surface area contributed by atoms with Gasteiger partial charge in [-0.1, -0.05) is 28.1 Å². The Morgan fingerprint density at radius 1 is 1.50 bits per heavy atom. The maximum Gasteiger partial charge on any atom is 0.221 e. The first-order valence-electron chi connectivity index (χ1n) is 4.29. The van der Waals surface area contributed by atoms with Crippen molar-refractivity contribution in [1.29, 1.82) is 0 Å². The Bertz CT molecular complexity index is 317. The monoisotopic (exact) mass is 275 g/mol. The van der Waals surface area contributed by atoms with Gasteiger partial charge in [-0.25, -0.2) is 0 Å². The summed E-state index contributed by atoms with van der Waals surface area (Å²) in [5, 5.41) is 2.78. The molecule has 0 fully saturated rings. The van der Waals surface area contributed by atoms with E-state index in [0.717, 1.165) is 10.0 Å². The lowest BCUT2D eigenvalue weighted by Gasteiger charge is -2.04. The van der Waals surface area contributed by atoms with Gasteiger partial charge in [0.05, 0.1) is 0 Å². The molecule has 0 heterocycles. The van der Waals surface area contributed by atoms with Crippen LogP contribution in [0.2, 0.25) is 0 Å². The van der Waals surface area contributed by atoms with E-state index in [2.05, 4.69) is 21.2 Å². The van der Waals surface area contributed by atoms with Gasteiger partial charge in [-0.05, 0) is 17.7 Å². The van der Waals surface area contributed by atoms with Gasteiger partial charge in [0, 0.05) is 23.3 Å². The molecule has 0 saturated carbocycles. The van der Waals surface area contributed by atoms with Crippen LogP contribution in [-0.2, 0) is 11.3 Å². The van der Waals surface area contributed by atoms with E-state index < -0.39 is 0 Å². The molecule has 0 bridgehead atoms. The van der Waals surface area contributed by atoms with Gasteiger partial charge in [0.2, 0.25) is 5.91 Å². The van der Waals surface area contributed by atoms with E-state index in [1.165, 1.54) is 0 Å². The first-order valence-corrected chi connectivity index (χ1v) is 5.62. The maximum absolute atomic E-state index is 11.1. The van der Waals surface area contributed by atoms with E-state index in [-0.39, 0.29) is 5.91 Å². The highest BCUT2D eigenvalue weighted by Crippen LogP contribution is 2.11. The number of nitrogens with one attached hydrogen (secondary N) is 1. The lowest BCUT2D eigenvalue weighted by atomic mass is 10.2. The standard InChI is InChI=1S/C10H11BrClNO/c11-9-3-1-2-8(6-9)7-13-10(14)4-5-12/h1-3,6H,4-5,7H2,(H,13,14). The van der Waals surface area contributed by atoms with Crippen LogP contribution < -0.4 is 5.32 Å². The van der Waals surface area contributed by atoms with Crippen LogP contribution in [0.25, 0.3) is 0 Å². The molecule has 1 rings (SSSR count). The maximum atomic E-state index is 11.1. The minimum absolute atomic E-state index is 0.0139. The Kier molecular flexibility index (Phi) is 4.98. The molecule has 0 unspecified atom stereocenters. The predicted molar refractivity (Wildman–Crippen MR) is 61.3 cm³/mol. The van der Waals surface area contributed by atoms with Crippen LogP contribution in [0.4, 0.5) is 0 Å². The van der Waals surface area contributed by atoms with E-state index >= 15 is 0 Å². The third-order valence-corrected chi connectivity index (χ3v) is 2.38. The number of carbonyl (C=O) groups excluding carboxylic acids is 1. The lowest BCUT2D eigenvalue weighted by molar-refractivity contribution is -0.120. The number of hydrogen-bond acceptors (Lipinski definition) is 1. The highest BCUT2D eigenvalue weighted by Gasteiger charge is 1.99. The highest BCUT2D eigenvalue weighted by atomic mass is 79.9. The average molecular weight is 277 g/mol. The number of alkyl halides is 1. The smallest absolute Gasteiger partial charge is 0.221 e. The minimum Gasteiger partial charge on any atom is -0.352 e. The molecule has 4 heteroatoms. The summed E-state index contributed by atoms with van der Waals surface area (Å²) in [7, 11) is 0. The van der Waals surface area contributed by atoms with Crippen molar-refractivity contribution in [3.05, 3.63) is 34.3 Å². The van der Waals surface area contributed by atoms with Gasteiger partial charge in [-0.2, -0.15) is 0 Å². The first kappa shape index (κ1) is 11.5. The Labute approximate surface area is 96.8 Å². The lowest BCUT2D eigenvalue weighted by Crippen LogP contribution is -2.22. The summed E-state index contributed by atoms with van der Waals surface area (Å²) in [6, 6.07) is 7.82. The van der Waals surface area contributed by atoms with Crippen molar-refractivity contribution in [3.8, 4) is 0 Å². The molecular weight excluding hydrogens is 265 g/mol. The molecule has 0 spiro atoms. The zero-order valence-corrected chi connectivity index (χ0v) is 9.94. The van der Waals surface area contributed by atoms with E-state index in [4.69, 9.17) is 11.6 Å². The van der Waals surface area contributed by atoms with Crippen molar-refractivity contribution in [2.24, 2.45) is 0 Å². The summed E-state index contributed by atoms with van der Waals surface area (Å²) < 4.78 is 1.02. The summed E-state index contributed by atoms with van der Waals surface area (Å²) in [6.07, 6.45) is 0.371. The Morgan fingerprint density at radius 2 is 2.29 bits per heavy atom. The molecule has 0 radical (unpaired) electrons. The van der Waals surface area contributed by atoms with Crippen LogP contribution in [0, 0.1) is 0 Å². The fraction of sp³-hybridized carbons (Fsp3) is 0.300. The molecule has 0 aliphatic rings. The third-order valence-electron chi connectivity index (χ3n) is 1.70. The summed E-state index contributed by atoms with van der Waals surface area (Å²) in [4.78, 5) is 11.1. The summed E-state index contributed by atoms with van der Waals surface area (Å²) in [6.45, 7) is 0.551. The third kappa shape index (κ3) is 4.11. The largest absolute Gasteiger partial charge is 0.352 e. The number of halogens is 2. The normalized spacial score (nSPS) is 9.86. The molecule has 0 aromatic heterocycles. The summed E-state index contributed by atoms with van der Waals surface area (Å²) in [5.41, 5.74) is 1.07. The van der Waals surface area contributed by atoms with E-state index in [1.807, 2.05) is 24.3 Å². The summed E-state index contributed by atoms with van der Waals surface area (Å²) >= 11 is 8.80. The summed E-state index contributed by atoms with van der Waals surface area (Å²) in [5.74, 6) is 0.351. The molecule has 1 amide bonds. The quantitative estimate of drug-likeness (QED) is 0.842. The number of rotatable bonds is 4. The van der Waals surface area contributed by atoms with E-state index in [1.54, 1.807) is 0 Å². The van der Waals surface area contributed by atoms with Crippen molar-refractivity contribution in [2.45, 2.75) is 13.0 Å². The van der Waals surface area contributed by atoms with Crippen LogP contribution in [0.1, 0.15) is 12.0 Å². The number of hydrogen-bond donors (Lipinski definition) is 1. The molecule has 1 N–H and O–H groups in total. The second-order valence-electron chi connectivity index (χ2n) is 2.85. The van der Waals surface area contributed by atoms with Crippen LogP contribution in [-0.4, -0.2) is 11.8 Å². The topological polar surface area (TPSA) is 29.1 Å². The van der Waals surface area contributed by atoms with Gasteiger partial charge in [0.25, 0.3) is 0 Å². The van der Waals surface area contributed by atoms with E-state index in [9.17, 15) is 4.79 Å². The van der Waals surface area contributed by atoms with Crippen molar-refractivity contribution in [3.63, 3.8) is 0 Å². The molecule has 0 aliphatic heterocycles. The fourth-order valence-corrected chi connectivity index (χ4v) is 1.64. The second-order valence-corrected chi connectivity index (χ2v) is 4.14. The Hall–Kier alpha value is -0.540. The van der Waals surface area contributed by atoms with Crippen molar-refractivity contribution in [1.82, 2.24) is 5.32 Å². The van der Waals surface area contributed by atoms with Crippen LogP contribution in [0.5, 0.6) is 0 Å². The molecule has 1 aromatic carbocycles. The molecule has 76 valence electrons. The van der Waals surface area contributed by atoms with Gasteiger partial charge >= 0.3 is 0 Å². The molecule has 14 heavy (non-hydrogen) atoms. The number of amides is 1. The van der Waals surface area contributed by atoms with Crippen molar-refractivity contribution < 1.29 is 4.79 Å². The van der Waals surface area contributed by atoms with Crippen LogP contribution >= 0.6 is 27.5 Å². The second kappa shape index (κ2) is 6.04.